The zero-order chi connectivity index (χ0) is 9.26. The van der Waals surface area contributed by atoms with Crippen molar-refractivity contribution in [3.63, 3.8) is 0 Å². The van der Waals surface area contributed by atoms with Crippen LogP contribution >= 0.6 is 0 Å². The van der Waals surface area contributed by atoms with Crippen molar-refractivity contribution in [3.05, 3.63) is 24.8 Å². The Hall–Kier alpha value is -1.60. The molecule has 0 bridgehead atoms. The molecule has 0 spiro atoms. The van der Waals surface area contributed by atoms with Crippen LogP contribution in [0, 0.1) is 0 Å². The van der Waals surface area contributed by atoms with Gasteiger partial charge in [0.15, 0.2) is 5.65 Å². The van der Waals surface area contributed by atoms with Gasteiger partial charge in [0, 0.05) is 12.4 Å². The Labute approximate surface area is 73.6 Å². The molecule has 0 unspecified atom stereocenters. The second-order valence-corrected chi connectivity index (χ2v) is 2.36. The van der Waals surface area contributed by atoms with Crippen molar-refractivity contribution in [2.75, 3.05) is 0 Å². The van der Waals surface area contributed by atoms with Gasteiger partial charge in [-0.25, -0.2) is 9.97 Å². The molecule has 0 saturated carbocycles. The molecule has 0 aromatic carbocycles. The van der Waals surface area contributed by atoms with Gasteiger partial charge < -0.3 is 19.1 Å². The fraction of sp³-hybridized carbons (Fsp3) is 0. The van der Waals surface area contributed by atoms with E-state index in [-0.39, 0.29) is 5.88 Å². The number of hydrogen-bond donors (Lipinski definition) is 2. The van der Waals surface area contributed by atoms with Crippen molar-refractivity contribution in [3.8, 4) is 5.88 Å². The summed E-state index contributed by atoms with van der Waals surface area (Å²) in [5.74, 6) is 0.125. The Morgan fingerprint density at radius 2 is 2.23 bits per heavy atom. The summed E-state index contributed by atoms with van der Waals surface area (Å²) in [5.41, 5.74) is 0.666. The van der Waals surface area contributed by atoms with Gasteiger partial charge in [0.2, 0.25) is 5.88 Å². The van der Waals surface area contributed by atoms with Gasteiger partial charge in [-0.1, -0.05) is 0 Å². The van der Waals surface area contributed by atoms with Crippen LogP contribution in [0.25, 0.3) is 5.65 Å². The molecule has 0 aliphatic heterocycles. The highest BCUT2D eigenvalue weighted by atomic mass is 16.6. The van der Waals surface area contributed by atoms with E-state index in [2.05, 4.69) is 14.6 Å². The molecular formula is C6H6BN3O3. The fourth-order valence-corrected chi connectivity index (χ4v) is 0.976. The summed E-state index contributed by atoms with van der Waals surface area (Å²) >= 11 is 0. The molecule has 7 heteroatoms. The molecule has 2 rings (SSSR count). The Kier molecular flexibility index (Phi) is 1.88. The summed E-state index contributed by atoms with van der Waals surface area (Å²) in [6.07, 6.45) is 6.28. The molecule has 6 nitrogen and oxygen atoms in total. The largest absolute Gasteiger partial charge is 0.708 e. The molecule has 0 saturated heterocycles. The highest BCUT2D eigenvalue weighted by molar-refractivity contribution is 6.33. The number of aromatic nitrogens is 3. The van der Waals surface area contributed by atoms with Crippen LogP contribution in [0.3, 0.4) is 0 Å². The van der Waals surface area contributed by atoms with E-state index in [1.165, 1.54) is 12.4 Å². The summed E-state index contributed by atoms with van der Waals surface area (Å²) in [6, 6.07) is 0. The first kappa shape index (κ1) is 8.02. The van der Waals surface area contributed by atoms with E-state index in [1.807, 2.05) is 0 Å². The third-order valence-corrected chi connectivity index (χ3v) is 1.48. The van der Waals surface area contributed by atoms with Crippen LogP contribution in [0.2, 0.25) is 0 Å². The van der Waals surface area contributed by atoms with Crippen LogP contribution in [-0.4, -0.2) is 31.7 Å². The fourth-order valence-electron chi connectivity index (χ4n) is 0.976. The van der Waals surface area contributed by atoms with Gasteiger partial charge in [0.1, 0.15) is 0 Å². The van der Waals surface area contributed by atoms with Gasteiger partial charge in [-0.2, -0.15) is 0 Å². The van der Waals surface area contributed by atoms with Crippen molar-refractivity contribution >= 4 is 13.0 Å². The van der Waals surface area contributed by atoms with Crippen molar-refractivity contribution in [1.82, 2.24) is 14.4 Å². The second kappa shape index (κ2) is 3.04. The SMILES string of the molecule is OB(O)Oc1cn2ccnc2cn1. The minimum atomic E-state index is -1.85. The topological polar surface area (TPSA) is 79.9 Å². The predicted octanol–water partition coefficient (Wildman–Crippen LogP) is -0.922. The zero-order valence-electron chi connectivity index (χ0n) is 6.53. The Balaban J connectivity index is 2.37. The standard InChI is InChI=1S/C6H6BN3O3/c11-7(12)13-6-4-10-2-1-8-5(10)3-9-6/h1-4,11-12H. The van der Waals surface area contributed by atoms with E-state index < -0.39 is 7.32 Å². The molecule has 0 fully saturated rings. The molecule has 66 valence electrons. The quantitative estimate of drug-likeness (QED) is 0.582. The highest BCUT2D eigenvalue weighted by Crippen LogP contribution is 2.07. The first-order valence-electron chi connectivity index (χ1n) is 3.57. The van der Waals surface area contributed by atoms with Crippen LogP contribution < -0.4 is 4.65 Å². The van der Waals surface area contributed by atoms with Gasteiger partial charge in [0.25, 0.3) is 0 Å². The second-order valence-electron chi connectivity index (χ2n) is 2.36. The lowest BCUT2D eigenvalue weighted by Gasteiger charge is -2.02. The minimum absolute atomic E-state index is 0.125. The maximum atomic E-state index is 8.50. The number of hydrogen-bond acceptors (Lipinski definition) is 5. The van der Waals surface area contributed by atoms with E-state index in [4.69, 9.17) is 10.0 Å². The molecule has 0 radical (unpaired) electrons. The first-order valence-corrected chi connectivity index (χ1v) is 3.57. The molecular weight excluding hydrogens is 173 g/mol. The summed E-state index contributed by atoms with van der Waals surface area (Å²) in [5, 5.41) is 17.0. The van der Waals surface area contributed by atoms with Gasteiger partial charge in [-0.3, -0.25) is 0 Å². The molecule has 2 heterocycles. The Morgan fingerprint density at radius 1 is 1.38 bits per heavy atom. The molecule has 0 amide bonds. The summed E-state index contributed by atoms with van der Waals surface area (Å²) in [4.78, 5) is 7.75. The number of rotatable bonds is 2. The number of nitrogens with zero attached hydrogens (tertiary/aromatic N) is 3. The van der Waals surface area contributed by atoms with Crippen LogP contribution in [0.5, 0.6) is 5.88 Å². The molecule has 0 aliphatic carbocycles. The Bertz CT molecular complexity index is 416. The molecule has 2 N–H and O–H groups in total. The predicted molar refractivity (Wildman–Crippen MR) is 43.8 cm³/mol. The zero-order valence-corrected chi connectivity index (χ0v) is 6.53. The van der Waals surface area contributed by atoms with E-state index in [1.54, 1.807) is 16.8 Å². The normalized spacial score (nSPS) is 10.3. The lowest BCUT2D eigenvalue weighted by molar-refractivity contribution is 0.282. The van der Waals surface area contributed by atoms with Crippen molar-refractivity contribution in [1.29, 1.82) is 0 Å². The minimum Gasteiger partial charge on any atom is -0.497 e. The maximum absolute atomic E-state index is 8.50. The van der Waals surface area contributed by atoms with Crippen molar-refractivity contribution in [2.45, 2.75) is 0 Å². The van der Waals surface area contributed by atoms with Crippen LogP contribution in [-0.2, 0) is 0 Å². The van der Waals surface area contributed by atoms with Gasteiger partial charge >= 0.3 is 7.32 Å². The van der Waals surface area contributed by atoms with Gasteiger partial charge in [0.05, 0.1) is 12.4 Å². The lowest BCUT2D eigenvalue weighted by atomic mass is 10.3. The smallest absolute Gasteiger partial charge is 0.497 e. The molecule has 0 aliphatic rings. The molecule has 2 aromatic heterocycles. The monoisotopic (exact) mass is 179 g/mol. The Morgan fingerprint density at radius 3 is 3.00 bits per heavy atom. The summed E-state index contributed by atoms with van der Waals surface area (Å²) in [6.45, 7) is 0. The molecule has 13 heavy (non-hydrogen) atoms. The van der Waals surface area contributed by atoms with Crippen molar-refractivity contribution in [2.24, 2.45) is 0 Å². The van der Waals surface area contributed by atoms with Gasteiger partial charge in [-0.05, 0) is 0 Å². The number of imidazole rings is 1. The summed E-state index contributed by atoms with van der Waals surface area (Å²) < 4.78 is 6.20. The van der Waals surface area contributed by atoms with E-state index in [0.717, 1.165) is 0 Å². The van der Waals surface area contributed by atoms with E-state index in [9.17, 15) is 0 Å². The van der Waals surface area contributed by atoms with E-state index >= 15 is 0 Å². The molecule has 2 aromatic rings. The van der Waals surface area contributed by atoms with E-state index in [0.29, 0.717) is 5.65 Å². The van der Waals surface area contributed by atoms with Crippen molar-refractivity contribution < 1.29 is 14.7 Å². The number of fused-ring (bicyclic) bond motifs is 1. The van der Waals surface area contributed by atoms with Crippen LogP contribution in [0.4, 0.5) is 0 Å². The average molecular weight is 179 g/mol. The summed E-state index contributed by atoms with van der Waals surface area (Å²) in [7, 11) is -1.85. The van der Waals surface area contributed by atoms with Crippen LogP contribution in [0.1, 0.15) is 0 Å². The molecule has 0 atom stereocenters. The first-order chi connectivity index (χ1) is 6.25. The maximum Gasteiger partial charge on any atom is 0.708 e. The lowest BCUT2D eigenvalue weighted by Crippen LogP contribution is -2.21. The average Bonchev–Trinajstić information content (AvgIpc) is 2.49. The third kappa shape index (κ3) is 1.60. The van der Waals surface area contributed by atoms with Crippen LogP contribution in [0.15, 0.2) is 24.8 Å². The third-order valence-electron chi connectivity index (χ3n) is 1.48. The highest BCUT2D eigenvalue weighted by Gasteiger charge is 2.12. The van der Waals surface area contributed by atoms with Gasteiger partial charge in [-0.15, -0.1) is 0 Å².